The summed E-state index contributed by atoms with van der Waals surface area (Å²) in [6.45, 7) is 1.66. The highest BCUT2D eigenvalue weighted by Crippen LogP contribution is 2.18. The molecule has 3 N–H and O–H groups in total. The lowest BCUT2D eigenvalue weighted by Gasteiger charge is -2.09. The molecule has 1 aromatic heterocycles. The van der Waals surface area contributed by atoms with Crippen LogP contribution in [0.2, 0.25) is 5.15 Å². The normalized spacial score (nSPS) is 11.1. The van der Waals surface area contributed by atoms with E-state index in [1.165, 1.54) is 30.3 Å². The van der Waals surface area contributed by atoms with E-state index in [4.69, 9.17) is 17.3 Å². The average Bonchev–Trinajstić information content (AvgIpc) is 2.41. The third kappa shape index (κ3) is 3.47. The Hall–Kier alpha value is -2.19. The van der Waals surface area contributed by atoms with Crippen LogP contribution < -0.4 is 10.5 Å². The van der Waals surface area contributed by atoms with Gasteiger partial charge < -0.3 is 5.73 Å². The van der Waals surface area contributed by atoms with E-state index in [0.29, 0.717) is 5.56 Å². The minimum atomic E-state index is -3.90. The van der Waals surface area contributed by atoms with Crippen LogP contribution >= 0.6 is 11.6 Å². The quantitative estimate of drug-likeness (QED) is 0.879. The summed E-state index contributed by atoms with van der Waals surface area (Å²) >= 11 is 5.57. The SMILES string of the molecule is Cc1ccc(S(=O)(=O)Nc2ccc(Cl)nn2)cc1C(N)=O. The maximum atomic E-state index is 12.2. The zero-order valence-electron chi connectivity index (χ0n) is 10.9. The van der Waals surface area contributed by atoms with Crippen LogP contribution in [-0.2, 0) is 10.0 Å². The zero-order valence-corrected chi connectivity index (χ0v) is 12.4. The lowest BCUT2D eigenvalue weighted by molar-refractivity contribution is 0.0999. The number of rotatable bonds is 4. The second-order valence-corrected chi connectivity index (χ2v) is 6.26. The molecule has 1 heterocycles. The third-order valence-corrected chi connectivity index (χ3v) is 4.21. The molecule has 0 radical (unpaired) electrons. The number of amides is 1. The van der Waals surface area contributed by atoms with E-state index in [-0.39, 0.29) is 21.4 Å². The zero-order chi connectivity index (χ0) is 15.6. The summed E-state index contributed by atoms with van der Waals surface area (Å²) in [5.41, 5.74) is 5.93. The molecule has 0 saturated carbocycles. The Labute approximate surface area is 126 Å². The molecule has 1 amide bonds. The van der Waals surface area contributed by atoms with Gasteiger partial charge in [0.2, 0.25) is 5.91 Å². The highest BCUT2D eigenvalue weighted by atomic mass is 35.5. The van der Waals surface area contributed by atoms with E-state index in [1.807, 2.05) is 0 Å². The summed E-state index contributed by atoms with van der Waals surface area (Å²) in [5, 5.41) is 7.27. The lowest BCUT2D eigenvalue weighted by atomic mass is 10.1. The Morgan fingerprint density at radius 2 is 1.95 bits per heavy atom. The number of carbonyl (C=O) groups excluding carboxylic acids is 1. The molecule has 1 aromatic carbocycles. The van der Waals surface area contributed by atoms with Crippen LogP contribution in [0.1, 0.15) is 15.9 Å². The van der Waals surface area contributed by atoms with Crippen LogP contribution in [0.4, 0.5) is 5.82 Å². The number of nitrogens with two attached hydrogens (primary N) is 1. The predicted octanol–water partition coefficient (Wildman–Crippen LogP) is 1.34. The van der Waals surface area contributed by atoms with Crippen molar-refractivity contribution in [3.63, 3.8) is 0 Å². The number of primary amides is 1. The molecule has 110 valence electrons. The summed E-state index contributed by atoms with van der Waals surface area (Å²) in [4.78, 5) is 11.2. The van der Waals surface area contributed by atoms with Gasteiger partial charge in [-0.05, 0) is 36.8 Å². The molecular formula is C12H11ClN4O3S. The van der Waals surface area contributed by atoms with Gasteiger partial charge in [0.05, 0.1) is 4.90 Å². The predicted molar refractivity (Wildman–Crippen MR) is 77.5 cm³/mol. The molecule has 0 bridgehead atoms. The second kappa shape index (κ2) is 5.66. The van der Waals surface area contributed by atoms with Gasteiger partial charge in [0, 0.05) is 5.56 Å². The molecule has 9 heteroatoms. The number of nitrogens with zero attached hydrogens (tertiary/aromatic N) is 2. The number of sulfonamides is 1. The van der Waals surface area contributed by atoms with Crippen LogP contribution in [0.25, 0.3) is 0 Å². The van der Waals surface area contributed by atoms with E-state index in [0.717, 1.165) is 0 Å². The van der Waals surface area contributed by atoms with Crippen molar-refractivity contribution in [3.05, 3.63) is 46.6 Å². The van der Waals surface area contributed by atoms with Crippen molar-refractivity contribution < 1.29 is 13.2 Å². The Morgan fingerprint density at radius 3 is 2.52 bits per heavy atom. The molecule has 0 atom stereocenters. The van der Waals surface area contributed by atoms with Gasteiger partial charge in [-0.25, -0.2) is 8.42 Å². The van der Waals surface area contributed by atoms with Gasteiger partial charge in [-0.2, -0.15) is 0 Å². The first-order valence-corrected chi connectivity index (χ1v) is 7.58. The highest BCUT2D eigenvalue weighted by molar-refractivity contribution is 7.92. The van der Waals surface area contributed by atoms with Crippen LogP contribution in [0.5, 0.6) is 0 Å². The van der Waals surface area contributed by atoms with Gasteiger partial charge in [0.1, 0.15) is 0 Å². The van der Waals surface area contributed by atoms with E-state index in [9.17, 15) is 13.2 Å². The van der Waals surface area contributed by atoms with E-state index in [2.05, 4.69) is 14.9 Å². The highest BCUT2D eigenvalue weighted by Gasteiger charge is 2.18. The Bertz CT molecular complexity index is 791. The molecule has 0 aliphatic carbocycles. The third-order valence-electron chi connectivity index (χ3n) is 2.66. The molecule has 0 aliphatic heterocycles. The molecule has 0 aliphatic rings. The second-order valence-electron chi connectivity index (χ2n) is 4.19. The number of aryl methyl sites for hydroxylation is 1. The van der Waals surface area contributed by atoms with Crippen LogP contribution in [0.15, 0.2) is 35.2 Å². The molecule has 7 nitrogen and oxygen atoms in total. The Morgan fingerprint density at radius 1 is 1.24 bits per heavy atom. The topological polar surface area (TPSA) is 115 Å². The average molecular weight is 327 g/mol. The molecular weight excluding hydrogens is 316 g/mol. The monoisotopic (exact) mass is 326 g/mol. The van der Waals surface area contributed by atoms with Gasteiger partial charge in [-0.15, -0.1) is 10.2 Å². The number of anilines is 1. The van der Waals surface area contributed by atoms with Crippen molar-refractivity contribution in [1.82, 2.24) is 10.2 Å². The van der Waals surface area contributed by atoms with Crippen molar-refractivity contribution in [2.75, 3.05) is 4.72 Å². The fraction of sp³-hybridized carbons (Fsp3) is 0.0833. The number of hydrogen-bond acceptors (Lipinski definition) is 5. The minimum Gasteiger partial charge on any atom is -0.366 e. The van der Waals surface area contributed by atoms with E-state index in [1.54, 1.807) is 6.92 Å². The van der Waals surface area contributed by atoms with Gasteiger partial charge >= 0.3 is 0 Å². The first-order chi connectivity index (χ1) is 9.79. The van der Waals surface area contributed by atoms with Crippen LogP contribution in [0.3, 0.4) is 0 Å². The first kappa shape index (κ1) is 15.2. The number of aromatic nitrogens is 2. The van der Waals surface area contributed by atoms with Crippen LogP contribution in [0, 0.1) is 6.92 Å². The summed E-state index contributed by atoms with van der Waals surface area (Å²) in [6, 6.07) is 6.85. The smallest absolute Gasteiger partial charge is 0.263 e. The summed E-state index contributed by atoms with van der Waals surface area (Å²) < 4.78 is 26.7. The number of halogens is 1. The van der Waals surface area contributed by atoms with E-state index >= 15 is 0 Å². The van der Waals surface area contributed by atoms with Gasteiger partial charge in [0.25, 0.3) is 10.0 Å². The standard InChI is InChI=1S/C12H11ClN4O3S/c1-7-2-3-8(6-9(7)12(14)18)21(19,20)17-11-5-4-10(13)15-16-11/h2-6H,1H3,(H2,14,18)(H,16,17). The largest absolute Gasteiger partial charge is 0.366 e. The molecule has 0 spiro atoms. The molecule has 0 unspecified atom stereocenters. The van der Waals surface area contributed by atoms with Crippen molar-refractivity contribution >= 4 is 33.3 Å². The fourth-order valence-corrected chi connectivity index (χ4v) is 2.72. The fourth-order valence-electron chi connectivity index (χ4n) is 1.60. The number of nitrogens with one attached hydrogen (secondary N) is 1. The lowest BCUT2D eigenvalue weighted by Crippen LogP contribution is -2.17. The van der Waals surface area contributed by atoms with Crippen LogP contribution in [-0.4, -0.2) is 24.5 Å². The van der Waals surface area contributed by atoms with Gasteiger partial charge in [-0.1, -0.05) is 17.7 Å². The first-order valence-electron chi connectivity index (χ1n) is 5.72. The van der Waals surface area contributed by atoms with Crippen molar-refractivity contribution in [3.8, 4) is 0 Å². The molecule has 0 fully saturated rings. The van der Waals surface area contributed by atoms with Crippen molar-refractivity contribution in [2.24, 2.45) is 5.73 Å². The number of carbonyl (C=O) groups is 1. The molecule has 2 aromatic rings. The molecule has 21 heavy (non-hydrogen) atoms. The van der Waals surface area contributed by atoms with E-state index < -0.39 is 15.9 Å². The molecule has 0 saturated heterocycles. The van der Waals surface area contributed by atoms with Crippen molar-refractivity contribution in [2.45, 2.75) is 11.8 Å². The Balaban J connectivity index is 2.38. The van der Waals surface area contributed by atoms with Gasteiger partial charge in [0.15, 0.2) is 11.0 Å². The maximum Gasteiger partial charge on any atom is 0.263 e. The number of hydrogen-bond donors (Lipinski definition) is 2. The minimum absolute atomic E-state index is 0.0144. The van der Waals surface area contributed by atoms with Crippen molar-refractivity contribution in [1.29, 1.82) is 0 Å². The summed E-state index contributed by atoms with van der Waals surface area (Å²) in [5.74, 6) is -0.684. The summed E-state index contributed by atoms with van der Waals surface area (Å²) in [6.07, 6.45) is 0. The van der Waals surface area contributed by atoms with Gasteiger partial charge in [-0.3, -0.25) is 9.52 Å². The molecule has 2 rings (SSSR count). The maximum absolute atomic E-state index is 12.2. The number of benzene rings is 1. The summed E-state index contributed by atoms with van der Waals surface area (Å²) in [7, 11) is -3.90. The Kier molecular flexibility index (Phi) is 4.10.